The molecule has 1 unspecified atom stereocenters. The van der Waals surface area contributed by atoms with Crippen LogP contribution < -0.4 is 4.74 Å². The fraction of sp³-hybridized carbons (Fsp3) is 0.636. The van der Waals surface area contributed by atoms with E-state index in [1.54, 1.807) is 18.6 Å². The second-order valence-corrected chi connectivity index (χ2v) is 3.67. The van der Waals surface area contributed by atoms with Crippen LogP contribution in [0.2, 0.25) is 0 Å². The highest BCUT2D eigenvalue weighted by Crippen LogP contribution is 2.15. The number of hydrogen-bond donors (Lipinski definition) is 0. The van der Waals surface area contributed by atoms with Gasteiger partial charge in [0, 0.05) is 25.4 Å². The van der Waals surface area contributed by atoms with Gasteiger partial charge in [0.2, 0.25) is 5.88 Å². The number of ether oxygens (including phenoxy) is 2. The minimum absolute atomic E-state index is 0.371. The quantitative estimate of drug-likeness (QED) is 0.757. The minimum atomic E-state index is 0.371. The van der Waals surface area contributed by atoms with E-state index in [1.165, 1.54) is 12.8 Å². The molecule has 0 bridgehead atoms. The van der Waals surface area contributed by atoms with Gasteiger partial charge in [0.05, 0.1) is 18.9 Å². The molecule has 0 aromatic carbocycles. The molecule has 1 saturated heterocycles. The van der Waals surface area contributed by atoms with Crippen LogP contribution in [0.1, 0.15) is 25.7 Å². The van der Waals surface area contributed by atoms with Crippen LogP contribution in [0.4, 0.5) is 0 Å². The molecule has 0 aliphatic carbocycles. The number of aromatic nitrogens is 2. The average molecular weight is 208 g/mol. The first kappa shape index (κ1) is 10.4. The third kappa shape index (κ3) is 3.47. The van der Waals surface area contributed by atoms with Crippen molar-refractivity contribution < 1.29 is 9.47 Å². The van der Waals surface area contributed by atoms with Gasteiger partial charge >= 0.3 is 0 Å². The Kier molecular flexibility index (Phi) is 3.91. The summed E-state index contributed by atoms with van der Waals surface area (Å²) in [5, 5.41) is 0. The fourth-order valence-electron chi connectivity index (χ4n) is 1.69. The summed E-state index contributed by atoms with van der Waals surface area (Å²) in [7, 11) is 0. The summed E-state index contributed by atoms with van der Waals surface area (Å²) >= 11 is 0. The average Bonchev–Trinajstić information content (AvgIpc) is 2.32. The Labute approximate surface area is 89.6 Å². The zero-order valence-electron chi connectivity index (χ0n) is 8.76. The molecule has 4 heteroatoms. The molecule has 0 N–H and O–H groups in total. The van der Waals surface area contributed by atoms with Crippen molar-refractivity contribution >= 4 is 0 Å². The lowest BCUT2D eigenvalue weighted by atomic mass is 10.1. The molecule has 1 aromatic rings. The zero-order chi connectivity index (χ0) is 10.3. The molecule has 1 aliphatic heterocycles. The zero-order valence-corrected chi connectivity index (χ0v) is 8.76. The topological polar surface area (TPSA) is 44.2 Å². The van der Waals surface area contributed by atoms with Gasteiger partial charge in [-0.3, -0.25) is 4.98 Å². The van der Waals surface area contributed by atoms with Crippen LogP contribution in [0, 0.1) is 0 Å². The normalized spacial score (nSPS) is 21.2. The summed E-state index contributed by atoms with van der Waals surface area (Å²) in [6, 6.07) is 0. The Morgan fingerprint density at radius 3 is 3.13 bits per heavy atom. The Bertz CT molecular complexity index is 273. The molecule has 2 rings (SSSR count). The Hall–Kier alpha value is -1.16. The maximum Gasteiger partial charge on any atom is 0.232 e. The molecule has 1 aromatic heterocycles. The second-order valence-electron chi connectivity index (χ2n) is 3.67. The minimum Gasteiger partial charge on any atom is -0.476 e. The molecule has 2 heterocycles. The van der Waals surface area contributed by atoms with Crippen molar-refractivity contribution in [3.8, 4) is 5.88 Å². The van der Waals surface area contributed by atoms with E-state index in [4.69, 9.17) is 9.47 Å². The Morgan fingerprint density at radius 1 is 1.40 bits per heavy atom. The number of hydrogen-bond acceptors (Lipinski definition) is 4. The highest BCUT2D eigenvalue weighted by atomic mass is 16.5. The lowest BCUT2D eigenvalue weighted by molar-refractivity contribution is 0.00375. The van der Waals surface area contributed by atoms with Crippen LogP contribution >= 0.6 is 0 Å². The molecule has 82 valence electrons. The van der Waals surface area contributed by atoms with E-state index in [-0.39, 0.29) is 0 Å². The van der Waals surface area contributed by atoms with Gasteiger partial charge in [-0.1, -0.05) is 0 Å². The Morgan fingerprint density at radius 2 is 2.40 bits per heavy atom. The van der Waals surface area contributed by atoms with Gasteiger partial charge < -0.3 is 9.47 Å². The predicted molar refractivity (Wildman–Crippen MR) is 55.7 cm³/mol. The summed E-state index contributed by atoms with van der Waals surface area (Å²) in [5.41, 5.74) is 0. The maximum atomic E-state index is 5.60. The summed E-state index contributed by atoms with van der Waals surface area (Å²) in [6.45, 7) is 1.55. The van der Waals surface area contributed by atoms with E-state index in [9.17, 15) is 0 Å². The van der Waals surface area contributed by atoms with Crippen molar-refractivity contribution in [1.29, 1.82) is 0 Å². The van der Waals surface area contributed by atoms with Crippen LogP contribution in [-0.2, 0) is 4.74 Å². The lowest BCUT2D eigenvalue weighted by Gasteiger charge is -2.22. The van der Waals surface area contributed by atoms with E-state index in [0.29, 0.717) is 18.6 Å². The first-order valence-corrected chi connectivity index (χ1v) is 5.45. The monoisotopic (exact) mass is 208 g/mol. The third-order valence-corrected chi connectivity index (χ3v) is 2.50. The molecule has 0 radical (unpaired) electrons. The maximum absolute atomic E-state index is 5.60. The largest absolute Gasteiger partial charge is 0.476 e. The molecule has 0 amide bonds. The Balaban J connectivity index is 1.66. The van der Waals surface area contributed by atoms with E-state index in [0.717, 1.165) is 19.4 Å². The first-order chi connectivity index (χ1) is 7.45. The van der Waals surface area contributed by atoms with Crippen molar-refractivity contribution in [3.05, 3.63) is 18.6 Å². The highest BCUT2D eigenvalue weighted by Gasteiger charge is 2.13. The predicted octanol–water partition coefficient (Wildman–Crippen LogP) is 1.81. The second kappa shape index (κ2) is 5.66. The van der Waals surface area contributed by atoms with E-state index < -0.39 is 0 Å². The molecule has 1 atom stereocenters. The van der Waals surface area contributed by atoms with Crippen molar-refractivity contribution in [3.63, 3.8) is 0 Å². The SMILES string of the molecule is c1cnc(OCCC2CCCCO2)cn1. The molecule has 1 aliphatic rings. The molecule has 0 saturated carbocycles. The van der Waals surface area contributed by atoms with Crippen molar-refractivity contribution in [1.82, 2.24) is 9.97 Å². The van der Waals surface area contributed by atoms with Gasteiger partial charge in [-0.05, 0) is 19.3 Å². The van der Waals surface area contributed by atoms with Gasteiger partial charge in [-0.2, -0.15) is 0 Å². The van der Waals surface area contributed by atoms with Gasteiger partial charge in [-0.25, -0.2) is 4.98 Å². The molecule has 4 nitrogen and oxygen atoms in total. The molecule has 1 fully saturated rings. The van der Waals surface area contributed by atoms with Gasteiger partial charge in [0.1, 0.15) is 0 Å². The smallest absolute Gasteiger partial charge is 0.232 e. The van der Waals surface area contributed by atoms with Gasteiger partial charge in [0.25, 0.3) is 0 Å². The lowest BCUT2D eigenvalue weighted by Crippen LogP contribution is -2.21. The molecule has 15 heavy (non-hydrogen) atoms. The van der Waals surface area contributed by atoms with Crippen LogP contribution in [0.3, 0.4) is 0 Å². The number of nitrogens with zero attached hydrogens (tertiary/aromatic N) is 2. The van der Waals surface area contributed by atoms with E-state index >= 15 is 0 Å². The summed E-state index contributed by atoms with van der Waals surface area (Å²) in [4.78, 5) is 7.97. The fourth-order valence-corrected chi connectivity index (χ4v) is 1.69. The third-order valence-electron chi connectivity index (χ3n) is 2.50. The van der Waals surface area contributed by atoms with Gasteiger partial charge in [0.15, 0.2) is 0 Å². The van der Waals surface area contributed by atoms with E-state index in [2.05, 4.69) is 9.97 Å². The van der Waals surface area contributed by atoms with E-state index in [1.807, 2.05) is 0 Å². The van der Waals surface area contributed by atoms with Crippen LogP contribution in [0.25, 0.3) is 0 Å². The molecule has 0 spiro atoms. The molecular weight excluding hydrogens is 192 g/mol. The number of rotatable bonds is 4. The van der Waals surface area contributed by atoms with Crippen molar-refractivity contribution in [2.45, 2.75) is 31.8 Å². The van der Waals surface area contributed by atoms with Crippen molar-refractivity contribution in [2.75, 3.05) is 13.2 Å². The van der Waals surface area contributed by atoms with Crippen LogP contribution in [0.15, 0.2) is 18.6 Å². The summed E-state index contributed by atoms with van der Waals surface area (Å²) in [5.74, 6) is 0.591. The van der Waals surface area contributed by atoms with Gasteiger partial charge in [-0.15, -0.1) is 0 Å². The van der Waals surface area contributed by atoms with Crippen LogP contribution in [0.5, 0.6) is 5.88 Å². The summed E-state index contributed by atoms with van der Waals surface area (Å²) in [6.07, 6.45) is 9.83. The summed E-state index contributed by atoms with van der Waals surface area (Å²) < 4.78 is 11.1. The first-order valence-electron chi connectivity index (χ1n) is 5.45. The molecular formula is C11H16N2O2. The standard InChI is InChI=1S/C11H16N2O2/c1-2-7-14-10(3-1)4-8-15-11-9-12-5-6-13-11/h5-6,9-10H,1-4,7-8H2. The van der Waals surface area contributed by atoms with Crippen molar-refractivity contribution in [2.24, 2.45) is 0 Å². The van der Waals surface area contributed by atoms with Crippen LogP contribution in [-0.4, -0.2) is 29.3 Å². The highest BCUT2D eigenvalue weighted by molar-refractivity contribution is 5.00.